The first kappa shape index (κ1) is 12.6. The molecule has 18 heavy (non-hydrogen) atoms. The third-order valence-corrected chi connectivity index (χ3v) is 2.88. The molecule has 7 heteroatoms. The first-order chi connectivity index (χ1) is 8.69. The lowest BCUT2D eigenvalue weighted by atomic mass is 10.4. The van der Waals surface area contributed by atoms with Crippen molar-refractivity contribution in [1.29, 1.82) is 0 Å². The van der Waals surface area contributed by atoms with E-state index < -0.39 is 5.97 Å². The fraction of sp³-hybridized carbons (Fsp3) is 0.364. The number of nitrogens with one attached hydrogen (secondary N) is 1. The van der Waals surface area contributed by atoms with Crippen molar-refractivity contribution in [1.82, 2.24) is 10.1 Å². The van der Waals surface area contributed by atoms with Crippen LogP contribution in [-0.2, 0) is 11.3 Å². The van der Waals surface area contributed by atoms with Crippen molar-refractivity contribution in [3.05, 3.63) is 28.6 Å². The highest BCUT2D eigenvalue weighted by molar-refractivity contribution is 7.13. The monoisotopic (exact) mass is 267 g/mol. The minimum atomic E-state index is -0.405. The van der Waals surface area contributed by atoms with Gasteiger partial charge in [-0.15, -0.1) is 11.3 Å². The number of anilines is 1. The van der Waals surface area contributed by atoms with E-state index in [1.165, 1.54) is 11.3 Å². The molecule has 0 atom stereocenters. The molecule has 0 fully saturated rings. The molecular formula is C11H13N3O3S. The summed E-state index contributed by atoms with van der Waals surface area (Å²) in [5.41, 5.74) is 1.15. The van der Waals surface area contributed by atoms with Gasteiger partial charge in [0.25, 0.3) is 0 Å². The third-order valence-electron chi connectivity index (χ3n) is 2.08. The Bertz CT molecular complexity index is 535. The van der Waals surface area contributed by atoms with Crippen molar-refractivity contribution >= 4 is 22.4 Å². The summed E-state index contributed by atoms with van der Waals surface area (Å²) in [7, 11) is 0. The number of rotatable bonds is 5. The Hall–Kier alpha value is -1.89. The van der Waals surface area contributed by atoms with Crippen molar-refractivity contribution in [2.24, 2.45) is 0 Å². The van der Waals surface area contributed by atoms with Gasteiger partial charge in [0, 0.05) is 11.4 Å². The molecule has 0 saturated carbocycles. The molecule has 0 aliphatic rings. The van der Waals surface area contributed by atoms with Gasteiger partial charge >= 0.3 is 5.97 Å². The molecular weight excluding hydrogens is 254 g/mol. The highest BCUT2D eigenvalue weighted by Gasteiger charge is 2.11. The van der Waals surface area contributed by atoms with Gasteiger partial charge < -0.3 is 14.6 Å². The summed E-state index contributed by atoms with van der Waals surface area (Å²) in [5.74, 6) is 0.317. The summed E-state index contributed by atoms with van der Waals surface area (Å²) in [6.45, 7) is 4.44. The average Bonchev–Trinajstić information content (AvgIpc) is 2.95. The molecule has 96 valence electrons. The first-order valence-corrected chi connectivity index (χ1v) is 6.35. The van der Waals surface area contributed by atoms with Gasteiger partial charge in [-0.05, 0) is 13.8 Å². The smallest absolute Gasteiger partial charge is 0.357 e. The number of aromatic nitrogens is 2. The lowest BCUT2D eigenvalue weighted by Gasteiger charge is -1.98. The summed E-state index contributed by atoms with van der Waals surface area (Å²) in [4.78, 5) is 15.5. The Morgan fingerprint density at radius 3 is 3.11 bits per heavy atom. The van der Waals surface area contributed by atoms with E-state index in [0.717, 1.165) is 11.5 Å². The van der Waals surface area contributed by atoms with E-state index in [9.17, 15) is 4.79 Å². The molecule has 6 nitrogen and oxygen atoms in total. The molecule has 2 aromatic heterocycles. The lowest BCUT2D eigenvalue weighted by molar-refractivity contribution is 0.0520. The van der Waals surface area contributed by atoms with E-state index in [1.54, 1.807) is 12.3 Å². The van der Waals surface area contributed by atoms with Crippen LogP contribution in [0.5, 0.6) is 0 Å². The molecule has 0 aliphatic heterocycles. The highest BCUT2D eigenvalue weighted by atomic mass is 32.1. The number of carbonyl (C=O) groups is 1. The predicted molar refractivity (Wildman–Crippen MR) is 66.6 cm³/mol. The quantitative estimate of drug-likeness (QED) is 0.837. The summed E-state index contributed by atoms with van der Waals surface area (Å²) in [5, 5.41) is 9.14. The molecule has 2 rings (SSSR count). The van der Waals surface area contributed by atoms with Crippen LogP contribution in [0.3, 0.4) is 0 Å². The van der Waals surface area contributed by atoms with Crippen molar-refractivity contribution in [3.63, 3.8) is 0 Å². The number of ether oxygens (including phenoxy) is 1. The van der Waals surface area contributed by atoms with Crippen molar-refractivity contribution in [3.8, 4) is 0 Å². The van der Waals surface area contributed by atoms with Crippen LogP contribution in [0.25, 0.3) is 0 Å². The molecule has 1 N–H and O–H groups in total. The minimum Gasteiger partial charge on any atom is -0.461 e. The maximum Gasteiger partial charge on any atom is 0.357 e. The first-order valence-electron chi connectivity index (χ1n) is 5.47. The van der Waals surface area contributed by atoms with Crippen LogP contribution in [0.15, 0.2) is 16.0 Å². The fourth-order valence-electron chi connectivity index (χ4n) is 1.32. The van der Waals surface area contributed by atoms with Gasteiger partial charge in [0.1, 0.15) is 0 Å². The zero-order valence-corrected chi connectivity index (χ0v) is 10.9. The lowest BCUT2D eigenvalue weighted by Crippen LogP contribution is -2.05. The van der Waals surface area contributed by atoms with Gasteiger partial charge in [-0.25, -0.2) is 9.78 Å². The van der Waals surface area contributed by atoms with Gasteiger partial charge in [-0.2, -0.15) is 0 Å². The van der Waals surface area contributed by atoms with Crippen LogP contribution in [0.4, 0.5) is 5.13 Å². The molecule has 0 saturated heterocycles. The van der Waals surface area contributed by atoms with Gasteiger partial charge in [-0.1, -0.05) is 5.16 Å². The molecule has 0 aromatic carbocycles. The van der Waals surface area contributed by atoms with Crippen LogP contribution >= 0.6 is 11.3 Å². The third kappa shape index (κ3) is 3.07. The van der Waals surface area contributed by atoms with Crippen molar-refractivity contribution < 1.29 is 14.1 Å². The second-order valence-corrected chi connectivity index (χ2v) is 4.40. The second-order valence-electron chi connectivity index (χ2n) is 3.55. The van der Waals surface area contributed by atoms with Crippen LogP contribution in [0.2, 0.25) is 0 Å². The molecule has 0 spiro atoms. The van der Waals surface area contributed by atoms with Crippen molar-refractivity contribution in [2.45, 2.75) is 20.4 Å². The van der Waals surface area contributed by atoms with E-state index in [-0.39, 0.29) is 0 Å². The summed E-state index contributed by atoms with van der Waals surface area (Å²) in [6, 6.07) is 1.84. The number of hydrogen-bond acceptors (Lipinski definition) is 7. The van der Waals surface area contributed by atoms with E-state index in [1.807, 2.05) is 13.0 Å². The van der Waals surface area contributed by atoms with Crippen molar-refractivity contribution in [2.75, 3.05) is 11.9 Å². The Morgan fingerprint density at radius 2 is 2.44 bits per heavy atom. The number of esters is 1. The van der Waals surface area contributed by atoms with E-state index in [2.05, 4.69) is 15.5 Å². The highest BCUT2D eigenvalue weighted by Crippen LogP contribution is 2.17. The second kappa shape index (κ2) is 5.63. The van der Waals surface area contributed by atoms with Crippen LogP contribution in [-0.4, -0.2) is 22.7 Å². The molecule has 0 unspecified atom stereocenters. The van der Waals surface area contributed by atoms with E-state index in [4.69, 9.17) is 9.26 Å². The average molecular weight is 267 g/mol. The molecule has 0 bridgehead atoms. The maximum absolute atomic E-state index is 11.4. The summed E-state index contributed by atoms with van der Waals surface area (Å²) >= 11 is 1.34. The zero-order valence-electron chi connectivity index (χ0n) is 10.1. The van der Waals surface area contributed by atoms with Crippen LogP contribution in [0.1, 0.15) is 28.9 Å². The summed E-state index contributed by atoms with van der Waals surface area (Å²) < 4.78 is 9.91. The largest absolute Gasteiger partial charge is 0.461 e. The van der Waals surface area contributed by atoms with Gasteiger partial charge in [-0.3, -0.25) is 0 Å². The number of hydrogen-bond donors (Lipinski definition) is 1. The fourth-order valence-corrected chi connectivity index (χ4v) is 1.99. The SMILES string of the molecule is CCOC(=O)c1csc(NCc2cc(C)no2)n1. The predicted octanol–water partition coefficient (Wildman–Crippen LogP) is 2.23. The van der Waals surface area contributed by atoms with Crippen LogP contribution < -0.4 is 5.32 Å². The van der Waals surface area contributed by atoms with E-state index in [0.29, 0.717) is 24.0 Å². The standard InChI is InChI=1S/C11H13N3O3S/c1-3-16-10(15)9-6-18-11(13-9)12-5-8-4-7(2)14-17-8/h4,6H,3,5H2,1-2H3,(H,12,13). The Kier molecular flexibility index (Phi) is 3.93. The Balaban J connectivity index is 1.92. The van der Waals surface area contributed by atoms with E-state index >= 15 is 0 Å². The number of carbonyl (C=O) groups excluding carboxylic acids is 1. The Morgan fingerprint density at radius 1 is 1.61 bits per heavy atom. The van der Waals surface area contributed by atoms with Crippen LogP contribution in [0, 0.1) is 6.92 Å². The minimum absolute atomic E-state index is 0.318. The number of aryl methyl sites for hydroxylation is 1. The van der Waals surface area contributed by atoms with Gasteiger partial charge in [0.05, 0.1) is 18.8 Å². The molecule has 2 aromatic rings. The molecule has 0 radical (unpaired) electrons. The number of nitrogens with zero attached hydrogens (tertiary/aromatic N) is 2. The normalized spacial score (nSPS) is 10.3. The van der Waals surface area contributed by atoms with Gasteiger partial charge in [0.15, 0.2) is 16.6 Å². The molecule has 2 heterocycles. The summed E-state index contributed by atoms with van der Waals surface area (Å²) in [6.07, 6.45) is 0. The Labute approximate surface area is 108 Å². The number of thiazole rings is 1. The molecule has 0 amide bonds. The zero-order chi connectivity index (χ0) is 13.0. The maximum atomic E-state index is 11.4. The topological polar surface area (TPSA) is 77.2 Å². The van der Waals surface area contributed by atoms with Gasteiger partial charge in [0.2, 0.25) is 0 Å². The molecule has 0 aliphatic carbocycles.